The number of carboxylic acid groups (broad SMARTS) is 1. The van der Waals surface area contributed by atoms with Crippen LogP contribution in [0.25, 0.3) is 0 Å². The molecular formula is C10H20O2. The van der Waals surface area contributed by atoms with Gasteiger partial charge in [-0.25, -0.2) is 0 Å². The van der Waals surface area contributed by atoms with Crippen LogP contribution in [0.3, 0.4) is 0 Å². The van der Waals surface area contributed by atoms with E-state index in [1.807, 2.05) is 0 Å². The molecule has 2 heteroatoms. The Balaban J connectivity index is 0. The molecule has 72 valence electrons. The number of hydrogen-bond acceptors (Lipinski definition) is 1. The standard InChI is InChI=1S/C6H12.C4H8O2/c1-3-5-6-4-2;1-3(2)4(5)6/h5-6H,3-4H2,1-2H3;3H,1-2H3,(H,5,6)/b6-5-;. The van der Waals surface area contributed by atoms with Crippen molar-refractivity contribution >= 4 is 5.97 Å². The largest absolute Gasteiger partial charge is 0.481 e. The van der Waals surface area contributed by atoms with Gasteiger partial charge < -0.3 is 5.11 Å². The lowest BCUT2D eigenvalue weighted by atomic mass is 10.2. The van der Waals surface area contributed by atoms with Crippen LogP contribution >= 0.6 is 0 Å². The molecule has 0 heterocycles. The predicted octanol–water partition coefficient (Wildman–Crippen LogP) is 3.09. The van der Waals surface area contributed by atoms with Crippen molar-refractivity contribution in [2.24, 2.45) is 5.92 Å². The average Bonchev–Trinajstić information content (AvgIpc) is 2.02. The summed E-state index contributed by atoms with van der Waals surface area (Å²) in [5, 5.41) is 7.99. The van der Waals surface area contributed by atoms with E-state index in [1.54, 1.807) is 13.8 Å². The summed E-state index contributed by atoms with van der Waals surface area (Å²) in [7, 11) is 0. The first-order valence-electron chi connectivity index (χ1n) is 4.44. The van der Waals surface area contributed by atoms with Crippen molar-refractivity contribution in [2.75, 3.05) is 0 Å². The van der Waals surface area contributed by atoms with Crippen molar-refractivity contribution < 1.29 is 9.90 Å². The second kappa shape index (κ2) is 10.2. The maximum Gasteiger partial charge on any atom is 0.305 e. The fraction of sp³-hybridized carbons (Fsp3) is 0.700. The Morgan fingerprint density at radius 1 is 1.25 bits per heavy atom. The van der Waals surface area contributed by atoms with E-state index in [1.165, 1.54) is 12.8 Å². The van der Waals surface area contributed by atoms with Crippen LogP contribution in [0.1, 0.15) is 40.5 Å². The predicted molar refractivity (Wildman–Crippen MR) is 52.2 cm³/mol. The van der Waals surface area contributed by atoms with Crippen molar-refractivity contribution in [3.63, 3.8) is 0 Å². The van der Waals surface area contributed by atoms with Crippen molar-refractivity contribution in [1.29, 1.82) is 0 Å². The minimum Gasteiger partial charge on any atom is -0.481 e. The summed E-state index contributed by atoms with van der Waals surface area (Å²) >= 11 is 0. The summed E-state index contributed by atoms with van der Waals surface area (Å²) in [6.07, 6.45) is 6.71. The van der Waals surface area contributed by atoms with E-state index in [2.05, 4.69) is 26.0 Å². The van der Waals surface area contributed by atoms with Gasteiger partial charge in [-0.05, 0) is 12.8 Å². The highest BCUT2D eigenvalue weighted by Gasteiger charge is 1.99. The molecule has 0 aromatic carbocycles. The molecule has 0 atom stereocenters. The van der Waals surface area contributed by atoms with Crippen LogP contribution in [-0.4, -0.2) is 11.1 Å². The molecule has 0 aromatic rings. The zero-order valence-corrected chi connectivity index (χ0v) is 8.50. The van der Waals surface area contributed by atoms with Crippen LogP contribution in [0.4, 0.5) is 0 Å². The summed E-state index contributed by atoms with van der Waals surface area (Å²) < 4.78 is 0. The molecule has 12 heavy (non-hydrogen) atoms. The highest BCUT2D eigenvalue weighted by Crippen LogP contribution is 1.87. The van der Waals surface area contributed by atoms with Gasteiger partial charge in [0.1, 0.15) is 0 Å². The third-order valence-electron chi connectivity index (χ3n) is 1.13. The molecule has 0 unspecified atom stereocenters. The van der Waals surface area contributed by atoms with Crippen LogP contribution in [0.2, 0.25) is 0 Å². The summed E-state index contributed by atoms with van der Waals surface area (Å²) in [6.45, 7) is 7.57. The second-order valence-electron chi connectivity index (χ2n) is 2.78. The third-order valence-corrected chi connectivity index (χ3v) is 1.13. The van der Waals surface area contributed by atoms with E-state index >= 15 is 0 Å². The van der Waals surface area contributed by atoms with Gasteiger partial charge in [-0.3, -0.25) is 4.79 Å². The first-order chi connectivity index (χ1) is 5.56. The smallest absolute Gasteiger partial charge is 0.305 e. The van der Waals surface area contributed by atoms with E-state index < -0.39 is 5.97 Å². The molecular weight excluding hydrogens is 152 g/mol. The Morgan fingerprint density at radius 2 is 1.50 bits per heavy atom. The maximum absolute atomic E-state index is 9.70. The molecule has 0 amide bonds. The number of allylic oxidation sites excluding steroid dienone is 2. The van der Waals surface area contributed by atoms with Crippen LogP contribution < -0.4 is 0 Å². The molecule has 0 aromatic heterocycles. The first kappa shape index (κ1) is 13.8. The number of carbonyl (C=O) groups is 1. The molecule has 0 spiro atoms. The minimum absolute atomic E-state index is 0.231. The molecule has 0 radical (unpaired) electrons. The molecule has 0 aliphatic heterocycles. The number of rotatable bonds is 3. The summed E-state index contributed by atoms with van der Waals surface area (Å²) in [6, 6.07) is 0. The highest BCUT2D eigenvalue weighted by molar-refractivity contribution is 5.68. The Kier molecular flexibility index (Phi) is 11.7. The lowest BCUT2D eigenvalue weighted by Crippen LogP contribution is -2.03. The molecule has 0 aliphatic rings. The van der Waals surface area contributed by atoms with Crippen molar-refractivity contribution in [3.8, 4) is 0 Å². The van der Waals surface area contributed by atoms with Gasteiger partial charge in [-0.1, -0.05) is 39.8 Å². The van der Waals surface area contributed by atoms with Gasteiger partial charge in [0.05, 0.1) is 5.92 Å². The summed E-state index contributed by atoms with van der Waals surface area (Å²) in [5.74, 6) is -0.972. The van der Waals surface area contributed by atoms with E-state index in [0.717, 1.165) is 0 Å². The van der Waals surface area contributed by atoms with Crippen LogP contribution in [0, 0.1) is 5.92 Å². The van der Waals surface area contributed by atoms with E-state index in [0.29, 0.717) is 0 Å². The molecule has 0 fully saturated rings. The minimum atomic E-state index is -0.741. The zero-order valence-electron chi connectivity index (χ0n) is 8.50. The quantitative estimate of drug-likeness (QED) is 0.664. The fourth-order valence-corrected chi connectivity index (χ4v) is 0.333. The van der Waals surface area contributed by atoms with Crippen LogP contribution in [0.15, 0.2) is 12.2 Å². The van der Waals surface area contributed by atoms with Crippen molar-refractivity contribution in [2.45, 2.75) is 40.5 Å². The lowest BCUT2D eigenvalue weighted by Gasteiger charge is -1.89. The monoisotopic (exact) mass is 172 g/mol. The lowest BCUT2D eigenvalue weighted by molar-refractivity contribution is -0.140. The highest BCUT2D eigenvalue weighted by atomic mass is 16.4. The van der Waals surface area contributed by atoms with Gasteiger partial charge in [-0.2, -0.15) is 0 Å². The van der Waals surface area contributed by atoms with E-state index in [4.69, 9.17) is 5.11 Å². The summed E-state index contributed by atoms with van der Waals surface area (Å²) in [4.78, 5) is 9.70. The Labute approximate surface area is 75.3 Å². The van der Waals surface area contributed by atoms with E-state index in [-0.39, 0.29) is 5.92 Å². The van der Waals surface area contributed by atoms with E-state index in [9.17, 15) is 4.79 Å². The first-order valence-corrected chi connectivity index (χ1v) is 4.44. The van der Waals surface area contributed by atoms with Crippen LogP contribution in [0.5, 0.6) is 0 Å². The molecule has 0 rings (SSSR count). The normalized spacial score (nSPS) is 9.75. The van der Waals surface area contributed by atoms with Crippen molar-refractivity contribution in [3.05, 3.63) is 12.2 Å². The Hall–Kier alpha value is -0.790. The van der Waals surface area contributed by atoms with Gasteiger partial charge in [-0.15, -0.1) is 0 Å². The SMILES string of the molecule is CC(C)C(=O)O.CC/C=C\CC. The maximum atomic E-state index is 9.70. The van der Waals surface area contributed by atoms with Gasteiger partial charge in [0.15, 0.2) is 0 Å². The number of carboxylic acids is 1. The van der Waals surface area contributed by atoms with Crippen LogP contribution in [-0.2, 0) is 4.79 Å². The van der Waals surface area contributed by atoms with Gasteiger partial charge in [0.25, 0.3) is 0 Å². The van der Waals surface area contributed by atoms with Gasteiger partial charge >= 0.3 is 5.97 Å². The Morgan fingerprint density at radius 3 is 1.58 bits per heavy atom. The number of hydrogen-bond donors (Lipinski definition) is 1. The molecule has 0 saturated carbocycles. The molecule has 2 nitrogen and oxygen atoms in total. The topological polar surface area (TPSA) is 37.3 Å². The molecule has 0 saturated heterocycles. The second-order valence-corrected chi connectivity index (χ2v) is 2.78. The van der Waals surface area contributed by atoms with Gasteiger partial charge in [0, 0.05) is 0 Å². The fourth-order valence-electron chi connectivity index (χ4n) is 0.333. The van der Waals surface area contributed by atoms with Crippen molar-refractivity contribution in [1.82, 2.24) is 0 Å². The Bertz CT molecular complexity index is 120. The number of aliphatic carboxylic acids is 1. The van der Waals surface area contributed by atoms with Gasteiger partial charge in [0.2, 0.25) is 0 Å². The zero-order chi connectivity index (χ0) is 9.98. The average molecular weight is 172 g/mol. The summed E-state index contributed by atoms with van der Waals surface area (Å²) in [5.41, 5.74) is 0. The molecule has 0 bridgehead atoms. The third kappa shape index (κ3) is 16.1. The molecule has 1 N–H and O–H groups in total. The molecule has 0 aliphatic carbocycles.